The highest BCUT2D eigenvalue weighted by atomic mass is 16.5. The van der Waals surface area contributed by atoms with Crippen molar-refractivity contribution in [1.82, 2.24) is 4.98 Å². The molecule has 0 bridgehead atoms. The topological polar surface area (TPSA) is 48.1 Å². The average Bonchev–Trinajstić information content (AvgIpc) is 2.08. The number of pyridine rings is 1. The SMILES string of the molecule is [2H]c1c(N)nc(OC([2H])([2H])[2H])c([2H])c1[2H]. The van der Waals surface area contributed by atoms with Gasteiger partial charge in [-0.25, -0.2) is 0 Å². The second-order valence-electron chi connectivity index (χ2n) is 1.28. The molecule has 0 unspecified atom stereocenters. The van der Waals surface area contributed by atoms with Crippen LogP contribution in [0, 0.1) is 0 Å². The van der Waals surface area contributed by atoms with Crippen LogP contribution >= 0.6 is 0 Å². The summed E-state index contributed by atoms with van der Waals surface area (Å²) in [6, 6.07) is -1.50. The Balaban J connectivity index is 3.21. The van der Waals surface area contributed by atoms with Crippen molar-refractivity contribution in [3.8, 4) is 5.88 Å². The number of nitrogen functional groups attached to an aromatic ring is 1. The van der Waals surface area contributed by atoms with E-state index in [1.54, 1.807) is 0 Å². The highest BCUT2D eigenvalue weighted by Gasteiger charge is 1.88. The number of anilines is 1. The van der Waals surface area contributed by atoms with Crippen LogP contribution in [0.5, 0.6) is 5.88 Å². The molecule has 0 atom stereocenters. The molecule has 1 heterocycles. The zero-order valence-corrected chi connectivity index (χ0v) is 4.43. The Hall–Kier alpha value is -1.25. The number of hydrogen-bond acceptors (Lipinski definition) is 3. The van der Waals surface area contributed by atoms with Crippen LogP contribution in [0.25, 0.3) is 0 Å². The first-order valence-corrected chi connectivity index (χ1v) is 2.14. The molecule has 0 radical (unpaired) electrons. The summed E-state index contributed by atoms with van der Waals surface area (Å²) in [6.45, 7) is 0. The van der Waals surface area contributed by atoms with Gasteiger partial charge in [-0.2, -0.15) is 4.98 Å². The molecule has 3 heteroatoms. The molecular weight excluding hydrogens is 116 g/mol. The van der Waals surface area contributed by atoms with E-state index in [9.17, 15) is 0 Å². The number of nitrogens with zero attached hydrogens (tertiary/aromatic N) is 1. The summed E-state index contributed by atoms with van der Waals surface area (Å²) in [5, 5.41) is 0. The molecule has 0 fully saturated rings. The van der Waals surface area contributed by atoms with Gasteiger partial charge in [0.15, 0.2) is 0 Å². The number of hydrogen-bond donors (Lipinski definition) is 1. The zero-order valence-electron chi connectivity index (χ0n) is 10.4. The predicted octanol–water partition coefficient (Wildman–Crippen LogP) is 0.672. The van der Waals surface area contributed by atoms with Crippen LogP contribution in [-0.4, -0.2) is 12.0 Å². The van der Waals surface area contributed by atoms with Crippen molar-refractivity contribution < 1.29 is 13.0 Å². The summed E-state index contributed by atoms with van der Waals surface area (Å²) in [4.78, 5) is 3.42. The molecule has 1 aromatic heterocycles. The van der Waals surface area contributed by atoms with Crippen molar-refractivity contribution in [3.05, 3.63) is 18.1 Å². The Morgan fingerprint density at radius 2 is 2.78 bits per heavy atom. The molecule has 0 amide bonds. The maximum atomic E-state index is 7.31. The van der Waals surface area contributed by atoms with Crippen molar-refractivity contribution in [3.63, 3.8) is 0 Å². The Bertz CT molecular complexity index is 390. The molecule has 2 N–H and O–H groups in total. The van der Waals surface area contributed by atoms with E-state index in [1.165, 1.54) is 0 Å². The van der Waals surface area contributed by atoms with Crippen LogP contribution in [0.2, 0.25) is 0 Å². The van der Waals surface area contributed by atoms with Gasteiger partial charge in [0.2, 0.25) is 5.88 Å². The van der Waals surface area contributed by atoms with Gasteiger partial charge >= 0.3 is 0 Å². The Morgan fingerprint density at radius 1 is 1.89 bits per heavy atom. The van der Waals surface area contributed by atoms with Gasteiger partial charge in [-0.1, -0.05) is 6.04 Å². The van der Waals surface area contributed by atoms with Crippen LogP contribution in [0.3, 0.4) is 0 Å². The Labute approximate surface area is 61.9 Å². The summed E-state index contributed by atoms with van der Waals surface area (Å²) in [5.41, 5.74) is 5.24. The van der Waals surface area contributed by atoms with E-state index in [2.05, 4.69) is 9.72 Å². The largest absolute Gasteiger partial charge is 0.481 e. The van der Waals surface area contributed by atoms with E-state index < -0.39 is 31.0 Å². The molecular formula is C6H8N2O. The third kappa shape index (κ3) is 1.32. The van der Waals surface area contributed by atoms with Crippen molar-refractivity contribution in [1.29, 1.82) is 0 Å². The Morgan fingerprint density at radius 3 is 3.56 bits per heavy atom. The minimum atomic E-state index is -2.76. The van der Waals surface area contributed by atoms with Gasteiger partial charge < -0.3 is 10.5 Å². The lowest BCUT2D eigenvalue weighted by atomic mass is 10.5. The fourth-order valence-electron chi connectivity index (χ4n) is 0.362. The van der Waals surface area contributed by atoms with Gasteiger partial charge in [0.05, 0.1) is 15.3 Å². The lowest BCUT2D eigenvalue weighted by Crippen LogP contribution is -1.91. The standard InChI is InChI=1S/C6H8N2O/c1-9-6-4-2-3-5(7)8-6/h2-4H,1H3,(H2,7,8)/i1D3,2D,3D,4D. The summed E-state index contributed by atoms with van der Waals surface area (Å²) < 4.78 is 46.6. The average molecular weight is 130 g/mol. The number of methoxy groups -OCH3 is 1. The Kier molecular flexibility index (Phi) is 0.487. The minimum Gasteiger partial charge on any atom is -0.481 e. The smallest absolute Gasteiger partial charge is 0.214 e. The molecule has 0 aliphatic carbocycles. The van der Waals surface area contributed by atoms with E-state index in [1.807, 2.05) is 0 Å². The minimum absolute atomic E-state index is 0.338. The molecule has 0 spiro atoms. The maximum Gasteiger partial charge on any atom is 0.214 e. The number of nitrogens with two attached hydrogens (primary N) is 1. The van der Waals surface area contributed by atoms with Gasteiger partial charge in [0, 0.05) is 6.04 Å². The van der Waals surface area contributed by atoms with E-state index in [-0.39, 0.29) is 5.82 Å². The third-order valence-corrected chi connectivity index (χ3v) is 0.679. The number of rotatable bonds is 1. The van der Waals surface area contributed by atoms with Crippen LogP contribution in [0.4, 0.5) is 5.82 Å². The van der Waals surface area contributed by atoms with Gasteiger partial charge in [-0.05, 0) is 6.04 Å². The number of aromatic nitrogens is 1. The molecule has 1 aromatic rings. The zero-order chi connectivity index (χ0) is 11.8. The molecule has 0 saturated heterocycles. The first-order chi connectivity index (χ1) is 6.72. The normalized spacial score (nSPS) is 20.0. The van der Waals surface area contributed by atoms with E-state index >= 15 is 0 Å². The van der Waals surface area contributed by atoms with Crippen LogP contribution in [0.15, 0.2) is 18.1 Å². The highest BCUT2D eigenvalue weighted by Crippen LogP contribution is 2.06. The van der Waals surface area contributed by atoms with Gasteiger partial charge in [0.1, 0.15) is 5.82 Å². The fourth-order valence-corrected chi connectivity index (χ4v) is 0.362. The molecule has 3 nitrogen and oxygen atoms in total. The van der Waals surface area contributed by atoms with Crippen molar-refractivity contribution in [2.75, 3.05) is 12.8 Å². The predicted molar refractivity (Wildman–Crippen MR) is 35.2 cm³/mol. The molecule has 9 heavy (non-hydrogen) atoms. The van der Waals surface area contributed by atoms with Gasteiger partial charge in [-0.15, -0.1) is 0 Å². The molecule has 0 saturated carbocycles. The third-order valence-electron chi connectivity index (χ3n) is 0.679. The van der Waals surface area contributed by atoms with E-state index in [0.717, 1.165) is 0 Å². The lowest BCUT2D eigenvalue weighted by Gasteiger charge is -1.96. The summed E-state index contributed by atoms with van der Waals surface area (Å²) >= 11 is 0. The molecule has 1 rings (SSSR count). The monoisotopic (exact) mass is 130 g/mol. The molecule has 0 aromatic carbocycles. The number of ether oxygens (including phenoxy) is 1. The quantitative estimate of drug-likeness (QED) is 0.608. The molecule has 48 valence electrons. The van der Waals surface area contributed by atoms with E-state index in [0.29, 0.717) is 0 Å². The van der Waals surface area contributed by atoms with Crippen LogP contribution < -0.4 is 10.5 Å². The maximum absolute atomic E-state index is 7.31. The summed E-state index contributed by atoms with van der Waals surface area (Å²) in [6.07, 6.45) is 0. The molecule has 0 aliphatic rings. The van der Waals surface area contributed by atoms with Crippen LogP contribution in [-0.2, 0) is 0 Å². The first kappa shape index (κ1) is 1.87. The van der Waals surface area contributed by atoms with Gasteiger partial charge in [-0.3, -0.25) is 0 Å². The summed E-state index contributed by atoms with van der Waals surface area (Å²) in [5.74, 6) is -0.899. The van der Waals surface area contributed by atoms with Crippen molar-refractivity contribution in [2.24, 2.45) is 0 Å². The highest BCUT2D eigenvalue weighted by molar-refractivity contribution is 5.30. The molecule has 0 aliphatic heterocycles. The second-order valence-corrected chi connectivity index (χ2v) is 1.28. The van der Waals surface area contributed by atoms with Crippen LogP contribution in [0.1, 0.15) is 8.22 Å². The van der Waals surface area contributed by atoms with E-state index in [4.69, 9.17) is 14.0 Å². The van der Waals surface area contributed by atoms with Crippen molar-refractivity contribution >= 4 is 5.82 Å². The second kappa shape index (κ2) is 2.35. The lowest BCUT2D eigenvalue weighted by molar-refractivity contribution is 0.398. The van der Waals surface area contributed by atoms with Gasteiger partial charge in [0.25, 0.3) is 0 Å². The fraction of sp³-hybridized carbons (Fsp3) is 0.167. The summed E-state index contributed by atoms with van der Waals surface area (Å²) in [7, 11) is -2.76. The first-order valence-electron chi connectivity index (χ1n) is 5.14. The van der Waals surface area contributed by atoms with Crippen molar-refractivity contribution in [2.45, 2.75) is 0 Å².